The molecule has 1 atom stereocenters. The van der Waals surface area contributed by atoms with Gasteiger partial charge in [-0.05, 0) is 47.9 Å². The summed E-state index contributed by atoms with van der Waals surface area (Å²) in [7, 11) is 0. The smallest absolute Gasteiger partial charge is 0.116 e. The Kier molecular flexibility index (Phi) is 8.04. The van der Waals surface area contributed by atoms with E-state index in [9.17, 15) is 5.11 Å². The molecule has 2 N–H and O–H groups in total. The van der Waals surface area contributed by atoms with Crippen LogP contribution in [0.3, 0.4) is 0 Å². The summed E-state index contributed by atoms with van der Waals surface area (Å²) in [6.07, 6.45) is 0.990. The molecule has 0 radical (unpaired) electrons. The lowest BCUT2D eigenvalue weighted by Gasteiger charge is -2.35. The Morgan fingerprint density at radius 3 is 2.42 bits per heavy atom. The van der Waals surface area contributed by atoms with E-state index in [1.807, 2.05) is 12.1 Å². The number of fused-ring (bicyclic) bond motifs is 1. The SMILES string of the molecule is C=C(C)C[C@H](c1ccc2cc(O)ccc2c1)N1CCNCC1.Cl.Cl. The van der Waals surface area contributed by atoms with E-state index in [-0.39, 0.29) is 24.8 Å². The summed E-state index contributed by atoms with van der Waals surface area (Å²) in [4.78, 5) is 2.55. The standard InChI is InChI=1S/C19H24N2O.2ClH/c1-14(2)11-19(21-9-7-20-8-10-21)17-4-3-16-13-18(22)6-5-15(16)12-17;;/h3-6,12-13,19-20,22H,1,7-11H2,2H3;2*1H/t19-;;/m1../s1. The van der Waals surface area contributed by atoms with E-state index in [0.29, 0.717) is 11.8 Å². The number of rotatable bonds is 4. The Hall–Kier alpha value is -1.26. The van der Waals surface area contributed by atoms with Crippen LogP contribution < -0.4 is 5.32 Å². The fourth-order valence-corrected chi connectivity index (χ4v) is 3.24. The normalized spacial score (nSPS) is 16.0. The summed E-state index contributed by atoms with van der Waals surface area (Å²) < 4.78 is 0. The van der Waals surface area contributed by atoms with Crippen LogP contribution in [0.1, 0.15) is 24.9 Å². The van der Waals surface area contributed by atoms with Crippen molar-refractivity contribution in [1.29, 1.82) is 0 Å². The molecular formula is C19H26Cl2N2O. The number of benzene rings is 2. The maximum atomic E-state index is 9.60. The van der Waals surface area contributed by atoms with Gasteiger partial charge in [-0.1, -0.05) is 23.8 Å². The van der Waals surface area contributed by atoms with E-state index in [1.165, 1.54) is 16.5 Å². The molecule has 1 saturated heterocycles. The Labute approximate surface area is 156 Å². The minimum Gasteiger partial charge on any atom is -0.508 e. The van der Waals surface area contributed by atoms with Gasteiger partial charge in [-0.25, -0.2) is 0 Å². The molecule has 2 aromatic carbocycles. The molecule has 0 amide bonds. The van der Waals surface area contributed by atoms with Gasteiger partial charge in [0.25, 0.3) is 0 Å². The molecule has 3 nitrogen and oxygen atoms in total. The number of nitrogens with zero attached hydrogens (tertiary/aromatic N) is 1. The van der Waals surface area contributed by atoms with E-state index in [1.54, 1.807) is 6.07 Å². The van der Waals surface area contributed by atoms with E-state index in [0.717, 1.165) is 38.0 Å². The summed E-state index contributed by atoms with van der Waals surface area (Å²) >= 11 is 0. The van der Waals surface area contributed by atoms with Crippen LogP contribution in [0.4, 0.5) is 0 Å². The van der Waals surface area contributed by atoms with Gasteiger partial charge in [0.15, 0.2) is 0 Å². The van der Waals surface area contributed by atoms with E-state index in [2.05, 4.69) is 41.9 Å². The van der Waals surface area contributed by atoms with Crippen molar-refractivity contribution in [3.05, 3.63) is 54.1 Å². The second kappa shape index (κ2) is 9.28. The maximum Gasteiger partial charge on any atom is 0.116 e. The number of hydrogen-bond acceptors (Lipinski definition) is 3. The lowest BCUT2D eigenvalue weighted by Crippen LogP contribution is -2.45. The third-order valence-electron chi connectivity index (χ3n) is 4.37. The van der Waals surface area contributed by atoms with Crippen LogP contribution in [-0.2, 0) is 0 Å². The zero-order valence-corrected chi connectivity index (χ0v) is 15.6. The highest BCUT2D eigenvalue weighted by molar-refractivity contribution is 5.86. The number of hydrogen-bond donors (Lipinski definition) is 2. The zero-order valence-electron chi connectivity index (χ0n) is 14.0. The number of halogens is 2. The second-order valence-electron chi connectivity index (χ2n) is 6.25. The molecule has 5 heteroatoms. The number of aromatic hydroxyl groups is 1. The van der Waals surface area contributed by atoms with Gasteiger partial charge in [0.1, 0.15) is 5.75 Å². The van der Waals surface area contributed by atoms with Crippen LogP contribution in [0.2, 0.25) is 0 Å². The Morgan fingerprint density at radius 1 is 1.12 bits per heavy atom. The van der Waals surface area contributed by atoms with Crippen molar-refractivity contribution in [3.63, 3.8) is 0 Å². The molecule has 1 heterocycles. The van der Waals surface area contributed by atoms with Crippen molar-refractivity contribution < 1.29 is 5.11 Å². The summed E-state index contributed by atoms with van der Waals surface area (Å²) in [6.45, 7) is 10.5. The highest BCUT2D eigenvalue weighted by Gasteiger charge is 2.22. The van der Waals surface area contributed by atoms with Crippen LogP contribution in [-0.4, -0.2) is 36.2 Å². The third kappa shape index (κ3) is 4.87. The van der Waals surface area contributed by atoms with Crippen molar-refractivity contribution in [2.75, 3.05) is 26.2 Å². The molecule has 24 heavy (non-hydrogen) atoms. The lowest BCUT2D eigenvalue weighted by atomic mass is 9.95. The number of phenolic OH excluding ortho intramolecular Hbond substituents is 1. The molecule has 0 saturated carbocycles. The molecule has 0 spiro atoms. The van der Waals surface area contributed by atoms with Crippen LogP contribution in [0.15, 0.2) is 48.6 Å². The number of nitrogens with one attached hydrogen (secondary N) is 1. The molecule has 0 aliphatic carbocycles. The lowest BCUT2D eigenvalue weighted by molar-refractivity contribution is 0.172. The summed E-state index contributed by atoms with van der Waals surface area (Å²) in [5.41, 5.74) is 2.55. The molecule has 1 fully saturated rings. The van der Waals surface area contributed by atoms with Gasteiger partial charge in [0, 0.05) is 32.2 Å². The summed E-state index contributed by atoms with van der Waals surface area (Å²) in [5.74, 6) is 0.320. The monoisotopic (exact) mass is 368 g/mol. The van der Waals surface area contributed by atoms with Gasteiger partial charge < -0.3 is 10.4 Å². The number of piperazine rings is 1. The molecular weight excluding hydrogens is 343 g/mol. The average Bonchev–Trinajstić information content (AvgIpc) is 2.53. The summed E-state index contributed by atoms with van der Waals surface area (Å²) in [5, 5.41) is 15.3. The Morgan fingerprint density at radius 2 is 1.75 bits per heavy atom. The third-order valence-corrected chi connectivity index (χ3v) is 4.37. The molecule has 3 rings (SSSR count). The topological polar surface area (TPSA) is 35.5 Å². The predicted molar refractivity (Wildman–Crippen MR) is 107 cm³/mol. The Bertz CT molecular complexity index is 684. The first kappa shape index (κ1) is 20.8. The molecule has 0 bridgehead atoms. The Balaban J connectivity index is 0.00000144. The predicted octanol–water partition coefficient (Wildman–Crippen LogP) is 4.30. The molecule has 0 aromatic heterocycles. The number of phenols is 1. The molecule has 0 unspecified atom stereocenters. The van der Waals surface area contributed by atoms with Crippen LogP contribution in [0, 0.1) is 0 Å². The molecule has 1 aliphatic rings. The van der Waals surface area contributed by atoms with Crippen LogP contribution in [0.25, 0.3) is 10.8 Å². The quantitative estimate of drug-likeness (QED) is 0.789. The zero-order chi connectivity index (χ0) is 15.5. The molecule has 2 aromatic rings. The highest BCUT2D eigenvalue weighted by atomic mass is 35.5. The van der Waals surface area contributed by atoms with Crippen LogP contribution >= 0.6 is 24.8 Å². The van der Waals surface area contributed by atoms with Gasteiger partial charge in [-0.2, -0.15) is 0 Å². The molecule has 1 aliphatic heterocycles. The first-order valence-electron chi connectivity index (χ1n) is 7.95. The first-order valence-corrected chi connectivity index (χ1v) is 7.95. The second-order valence-corrected chi connectivity index (χ2v) is 6.25. The van der Waals surface area contributed by atoms with E-state index < -0.39 is 0 Å². The maximum absolute atomic E-state index is 9.60. The average molecular weight is 369 g/mol. The van der Waals surface area contributed by atoms with E-state index >= 15 is 0 Å². The van der Waals surface area contributed by atoms with Crippen LogP contribution in [0.5, 0.6) is 5.75 Å². The highest BCUT2D eigenvalue weighted by Crippen LogP contribution is 2.30. The van der Waals surface area contributed by atoms with Gasteiger partial charge >= 0.3 is 0 Å². The van der Waals surface area contributed by atoms with Gasteiger partial charge in [0.2, 0.25) is 0 Å². The van der Waals surface area contributed by atoms with Crippen molar-refractivity contribution in [2.24, 2.45) is 0 Å². The van der Waals surface area contributed by atoms with E-state index in [4.69, 9.17) is 0 Å². The molecule has 132 valence electrons. The van der Waals surface area contributed by atoms with Gasteiger partial charge in [0.05, 0.1) is 0 Å². The largest absolute Gasteiger partial charge is 0.508 e. The first-order chi connectivity index (χ1) is 10.6. The van der Waals surface area contributed by atoms with Crippen molar-refractivity contribution in [3.8, 4) is 5.75 Å². The summed E-state index contributed by atoms with van der Waals surface area (Å²) in [6, 6.07) is 12.5. The van der Waals surface area contributed by atoms with Crippen molar-refractivity contribution >= 4 is 35.6 Å². The van der Waals surface area contributed by atoms with Gasteiger partial charge in [-0.3, -0.25) is 4.90 Å². The van der Waals surface area contributed by atoms with Crippen molar-refractivity contribution in [2.45, 2.75) is 19.4 Å². The van der Waals surface area contributed by atoms with Crippen molar-refractivity contribution in [1.82, 2.24) is 10.2 Å². The minimum absolute atomic E-state index is 0. The minimum atomic E-state index is 0. The fourth-order valence-electron chi connectivity index (χ4n) is 3.24. The van der Waals surface area contributed by atoms with Gasteiger partial charge in [-0.15, -0.1) is 31.4 Å². The fraction of sp³-hybridized carbons (Fsp3) is 0.368.